The summed E-state index contributed by atoms with van der Waals surface area (Å²) in [6.45, 7) is 4.31. The third-order valence-electron chi connectivity index (χ3n) is 2.04. The number of halogens is 1. The van der Waals surface area contributed by atoms with E-state index in [1.165, 1.54) is 0 Å². The first kappa shape index (κ1) is 12.6. The number of anilines is 1. The van der Waals surface area contributed by atoms with Gasteiger partial charge in [0.1, 0.15) is 5.82 Å². The predicted molar refractivity (Wildman–Crippen MR) is 62.0 cm³/mol. The van der Waals surface area contributed by atoms with Crippen molar-refractivity contribution >= 4 is 23.1 Å². The maximum absolute atomic E-state index is 10.9. The van der Waals surface area contributed by atoms with E-state index in [1.807, 2.05) is 6.92 Å². The van der Waals surface area contributed by atoms with Gasteiger partial charge in [-0.2, -0.15) is 0 Å². The maximum atomic E-state index is 10.9. The van der Waals surface area contributed by atoms with Gasteiger partial charge in [-0.3, -0.25) is 10.1 Å². The Morgan fingerprint density at radius 2 is 2.12 bits per heavy atom. The van der Waals surface area contributed by atoms with Gasteiger partial charge in [0.25, 0.3) is 0 Å². The van der Waals surface area contributed by atoms with E-state index in [0.717, 1.165) is 6.42 Å². The minimum absolute atomic E-state index is 0.115. The summed E-state index contributed by atoms with van der Waals surface area (Å²) in [5, 5.41) is 10.8. The topological polar surface area (TPSA) is 72.2 Å². The van der Waals surface area contributed by atoms with Crippen LogP contribution >= 0.6 is 11.6 Å². The molecule has 7 heteroatoms. The van der Waals surface area contributed by atoms with Crippen molar-refractivity contribution in [3.05, 3.63) is 21.1 Å². The Balaban J connectivity index is 3.29. The minimum Gasteiger partial charge on any atom is -0.354 e. The van der Waals surface area contributed by atoms with E-state index >= 15 is 0 Å². The van der Waals surface area contributed by atoms with Gasteiger partial charge in [0.05, 0.1) is 4.92 Å². The molecule has 0 unspecified atom stereocenters. The van der Waals surface area contributed by atoms with Crippen molar-refractivity contribution in [1.82, 2.24) is 9.97 Å². The third kappa shape index (κ3) is 2.57. The standard InChI is InChI=1S/C9H13ClN4O2/c1-4-5-13(3)9-7(14(15)16)8(10)11-6(2)12-9/h4-5H2,1-3H3. The van der Waals surface area contributed by atoms with Crippen molar-refractivity contribution in [3.63, 3.8) is 0 Å². The van der Waals surface area contributed by atoms with E-state index in [-0.39, 0.29) is 16.7 Å². The van der Waals surface area contributed by atoms with Gasteiger partial charge in [-0.15, -0.1) is 0 Å². The molecule has 1 aromatic rings. The van der Waals surface area contributed by atoms with Crippen LogP contribution in [0, 0.1) is 17.0 Å². The highest BCUT2D eigenvalue weighted by Crippen LogP contribution is 2.31. The molecule has 0 atom stereocenters. The molecule has 0 spiro atoms. The number of nitrogens with zero attached hydrogens (tertiary/aromatic N) is 4. The van der Waals surface area contributed by atoms with Crippen molar-refractivity contribution < 1.29 is 4.92 Å². The highest BCUT2D eigenvalue weighted by atomic mass is 35.5. The summed E-state index contributed by atoms with van der Waals surface area (Å²) in [5.41, 5.74) is -0.233. The molecule has 0 fully saturated rings. The van der Waals surface area contributed by atoms with E-state index in [1.54, 1.807) is 18.9 Å². The fourth-order valence-corrected chi connectivity index (χ4v) is 1.66. The smallest absolute Gasteiger partial charge is 0.348 e. The van der Waals surface area contributed by atoms with Crippen LogP contribution in [0.1, 0.15) is 19.2 Å². The molecule has 0 aliphatic heterocycles. The zero-order valence-electron chi connectivity index (χ0n) is 9.40. The van der Waals surface area contributed by atoms with Gasteiger partial charge in [0, 0.05) is 13.6 Å². The van der Waals surface area contributed by atoms with Crippen molar-refractivity contribution in [3.8, 4) is 0 Å². The summed E-state index contributed by atoms with van der Waals surface area (Å²) >= 11 is 5.75. The molecular formula is C9H13ClN4O2. The summed E-state index contributed by atoms with van der Waals surface area (Å²) in [5.74, 6) is 0.693. The lowest BCUT2D eigenvalue weighted by Gasteiger charge is -2.17. The zero-order valence-corrected chi connectivity index (χ0v) is 10.2. The summed E-state index contributed by atoms with van der Waals surface area (Å²) in [7, 11) is 1.74. The number of hydrogen-bond donors (Lipinski definition) is 0. The molecule has 0 aliphatic rings. The zero-order chi connectivity index (χ0) is 12.3. The monoisotopic (exact) mass is 244 g/mol. The molecule has 0 amide bonds. The van der Waals surface area contributed by atoms with E-state index in [0.29, 0.717) is 12.4 Å². The van der Waals surface area contributed by atoms with Crippen LogP contribution in [0.2, 0.25) is 5.15 Å². The van der Waals surface area contributed by atoms with E-state index in [9.17, 15) is 10.1 Å². The molecule has 0 saturated heterocycles. The Bertz CT molecular complexity index is 411. The van der Waals surface area contributed by atoms with Crippen LogP contribution in [0.25, 0.3) is 0 Å². The molecule has 0 aromatic carbocycles. The second kappa shape index (κ2) is 5.07. The molecule has 0 aliphatic carbocycles. The molecular weight excluding hydrogens is 232 g/mol. The third-order valence-corrected chi connectivity index (χ3v) is 2.30. The molecule has 0 radical (unpaired) electrons. The lowest BCUT2D eigenvalue weighted by atomic mass is 10.4. The summed E-state index contributed by atoms with van der Waals surface area (Å²) in [6.07, 6.45) is 0.869. The molecule has 88 valence electrons. The Kier molecular flexibility index (Phi) is 4.00. The fraction of sp³-hybridized carbons (Fsp3) is 0.556. The molecule has 1 aromatic heterocycles. The number of rotatable bonds is 4. The molecule has 1 heterocycles. The van der Waals surface area contributed by atoms with Gasteiger partial charge in [0.2, 0.25) is 11.0 Å². The lowest BCUT2D eigenvalue weighted by Crippen LogP contribution is -2.21. The normalized spacial score (nSPS) is 10.2. The van der Waals surface area contributed by atoms with Crippen LogP contribution in [-0.2, 0) is 0 Å². The fourth-order valence-electron chi connectivity index (χ4n) is 1.38. The molecule has 1 rings (SSSR count). The summed E-state index contributed by atoms with van der Waals surface area (Å²) in [4.78, 5) is 19.9. The van der Waals surface area contributed by atoms with Crippen LogP contribution < -0.4 is 4.90 Å². The first-order valence-corrected chi connectivity index (χ1v) is 5.24. The summed E-state index contributed by atoms with van der Waals surface area (Å²) in [6, 6.07) is 0. The van der Waals surface area contributed by atoms with Crippen molar-refractivity contribution in [1.29, 1.82) is 0 Å². The van der Waals surface area contributed by atoms with E-state index in [4.69, 9.17) is 11.6 Å². The highest BCUT2D eigenvalue weighted by molar-refractivity contribution is 6.31. The largest absolute Gasteiger partial charge is 0.354 e. The van der Waals surface area contributed by atoms with Crippen LogP contribution in [0.5, 0.6) is 0 Å². The van der Waals surface area contributed by atoms with Gasteiger partial charge in [-0.25, -0.2) is 9.97 Å². The lowest BCUT2D eigenvalue weighted by molar-refractivity contribution is -0.384. The highest BCUT2D eigenvalue weighted by Gasteiger charge is 2.24. The Hall–Kier alpha value is -1.43. The molecule has 0 bridgehead atoms. The Morgan fingerprint density at radius 3 is 2.62 bits per heavy atom. The van der Waals surface area contributed by atoms with Gasteiger partial charge in [-0.1, -0.05) is 18.5 Å². The quantitative estimate of drug-likeness (QED) is 0.461. The van der Waals surface area contributed by atoms with Gasteiger partial charge in [-0.05, 0) is 13.3 Å². The van der Waals surface area contributed by atoms with E-state index in [2.05, 4.69) is 9.97 Å². The second-order valence-corrected chi connectivity index (χ2v) is 3.77. The second-order valence-electron chi connectivity index (χ2n) is 3.41. The molecule has 6 nitrogen and oxygen atoms in total. The first-order chi connectivity index (χ1) is 7.47. The summed E-state index contributed by atoms with van der Waals surface area (Å²) < 4.78 is 0. The van der Waals surface area contributed by atoms with E-state index < -0.39 is 4.92 Å². The van der Waals surface area contributed by atoms with Crippen LogP contribution in [-0.4, -0.2) is 28.5 Å². The van der Waals surface area contributed by atoms with Gasteiger partial charge < -0.3 is 4.90 Å². The van der Waals surface area contributed by atoms with Crippen LogP contribution in [0.15, 0.2) is 0 Å². The maximum Gasteiger partial charge on any atom is 0.348 e. The number of aromatic nitrogens is 2. The molecule has 16 heavy (non-hydrogen) atoms. The van der Waals surface area contributed by atoms with Crippen LogP contribution in [0.3, 0.4) is 0 Å². The number of nitro groups is 1. The van der Waals surface area contributed by atoms with Crippen molar-refractivity contribution in [2.24, 2.45) is 0 Å². The van der Waals surface area contributed by atoms with Crippen molar-refractivity contribution in [2.45, 2.75) is 20.3 Å². The Labute approximate surface area is 98.4 Å². The average Bonchev–Trinajstić information content (AvgIpc) is 2.15. The molecule has 0 N–H and O–H groups in total. The number of aryl methyl sites for hydroxylation is 1. The molecule has 0 saturated carbocycles. The van der Waals surface area contributed by atoms with Gasteiger partial charge >= 0.3 is 5.69 Å². The Morgan fingerprint density at radius 1 is 1.50 bits per heavy atom. The average molecular weight is 245 g/mol. The van der Waals surface area contributed by atoms with Gasteiger partial charge in [0.15, 0.2) is 0 Å². The minimum atomic E-state index is -0.552. The SMILES string of the molecule is CCCN(C)c1nc(C)nc(Cl)c1[N+](=O)[O-]. The van der Waals surface area contributed by atoms with Crippen LogP contribution in [0.4, 0.5) is 11.5 Å². The first-order valence-electron chi connectivity index (χ1n) is 4.87. The predicted octanol–water partition coefficient (Wildman–Crippen LogP) is 2.19. The van der Waals surface area contributed by atoms with Crippen molar-refractivity contribution in [2.75, 3.05) is 18.5 Å². The number of hydrogen-bond acceptors (Lipinski definition) is 5.